The number of carbonyl (C=O) groups is 1. The summed E-state index contributed by atoms with van der Waals surface area (Å²) in [6.45, 7) is 10.1. The maximum atomic E-state index is 11.0. The van der Waals surface area contributed by atoms with E-state index in [-0.39, 0.29) is 17.6 Å². The molecule has 0 aromatic carbocycles. The van der Waals surface area contributed by atoms with E-state index in [9.17, 15) is 4.79 Å². The summed E-state index contributed by atoms with van der Waals surface area (Å²) in [5.41, 5.74) is -0.356. The van der Waals surface area contributed by atoms with E-state index < -0.39 is 5.60 Å². The Balaban J connectivity index is 2.86. The Morgan fingerprint density at radius 3 is 2.08 bits per heavy atom. The van der Waals surface area contributed by atoms with Crippen LogP contribution in [0.1, 0.15) is 34.6 Å². The van der Waals surface area contributed by atoms with Crippen LogP contribution in [0.4, 0.5) is 4.79 Å². The predicted octanol–water partition coefficient (Wildman–Crippen LogP) is 1.92. The van der Waals surface area contributed by atoms with Crippen molar-refractivity contribution in [1.82, 2.24) is 5.32 Å². The SMILES string of the molecule is CC(C)(C)[C@H]1NC(=O)OC1(C)C. The van der Waals surface area contributed by atoms with Crippen molar-refractivity contribution in [2.24, 2.45) is 5.41 Å². The standard InChI is InChI=1S/C9H17NO2/c1-8(2,3)6-9(4,5)12-7(11)10-6/h6H,1-5H3,(H,10,11)/t6-/m1/s1. The second kappa shape index (κ2) is 2.38. The van der Waals surface area contributed by atoms with E-state index >= 15 is 0 Å². The fourth-order valence-corrected chi connectivity index (χ4v) is 1.88. The molecule has 0 bridgehead atoms. The molecule has 1 aliphatic heterocycles. The van der Waals surface area contributed by atoms with Gasteiger partial charge in [0.15, 0.2) is 0 Å². The van der Waals surface area contributed by atoms with Crippen LogP contribution in [-0.2, 0) is 4.74 Å². The first-order chi connectivity index (χ1) is 5.23. The lowest BCUT2D eigenvalue weighted by Crippen LogP contribution is -2.47. The summed E-state index contributed by atoms with van der Waals surface area (Å²) >= 11 is 0. The molecule has 1 N–H and O–H groups in total. The van der Waals surface area contributed by atoms with Crippen molar-refractivity contribution in [1.29, 1.82) is 0 Å². The number of hydrogen-bond acceptors (Lipinski definition) is 2. The monoisotopic (exact) mass is 171 g/mol. The van der Waals surface area contributed by atoms with Crippen molar-refractivity contribution in [2.45, 2.75) is 46.3 Å². The third-order valence-electron chi connectivity index (χ3n) is 2.18. The van der Waals surface area contributed by atoms with Crippen LogP contribution < -0.4 is 5.32 Å². The van der Waals surface area contributed by atoms with Gasteiger partial charge < -0.3 is 10.1 Å². The lowest BCUT2D eigenvalue weighted by molar-refractivity contribution is 0.0415. The molecule has 0 aromatic heterocycles. The third kappa shape index (κ3) is 1.54. The minimum Gasteiger partial charge on any atom is -0.441 e. The zero-order valence-electron chi connectivity index (χ0n) is 8.39. The smallest absolute Gasteiger partial charge is 0.408 e. The number of hydrogen-bond donors (Lipinski definition) is 1. The van der Waals surface area contributed by atoms with Crippen molar-refractivity contribution in [3.63, 3.8) is 0 Å². The summed E-state index contributed by atoms with van der Waals surface area (Å²) < 4.78 is 5.14. The quantitative estimate of drug-likeness (QED) is 0.604. The van der Waals surface area contributed by atoms with Gasteiger partial charge in [0.2, 0.25) is 0 Å². The molecule has 1 amide bonds. The van der Waals surface area contributed by atoms with Crippen molar-refractivity contribution in [3.05, 3.63) is 0 Å². The Hall–Kier alpha value is -0.730. The molecular weight excluding hydrogens is 154 g/mol. The Kier molecular flexibility index (Phi) is 1.85. The molecule has 1 aliphatic rings. The number of amides is 1. The van der Waals surface area contributed by atoms with Gasteiger partial charge in [0.05, 0.1) is 6.04 Å². The van der Waals surface area contributed by atoms with Gasteiger partial charge in [-0.2, -0.15) is 0 Å². The van der Waals surface area contributed by atoms with Gasteiger partial charge in [0, 0.05) is 0 Å². The summed E-state index contributed by atoms with van der Waals surface area (Å²) in [5.74, 6) is 0. The summed E-state index contributed by atoms with van der Waals surface area (Å²) in [6.07, 6.45) is -0.306. The van der Waals surface area contributed by atoms with E-state index in [0.717, 1.165) is 0 Å². The van der Waals surface area contributed by atoms with Crippen LogP contribution in [0.5, 0.6) is 0 Å². The average Bonchev–Trinajstić information content (AvgIpc) is 2.02. The lowest BCUT2D eigenvalue weighted by atomic mass is 9.78. The van der Waals surface area contributed by atoms with E-state index in [2.05, 4.69) is 26.1 Å². The highest BCUT2D eigenvalue weighted by Gasteiger charge is 2.47. The third-order valence-corrected chi connectivity index (χ3v) is 2.18. The van der Waals surface area contributed by atoms with Gasteiger partial charge in [-0.05, 0) is 19.3 Å². The first kappa shape index (κ1) is 9.36. The van der Waals surface area contributed by atoms with E-state index in [1.54, 1.807) is 0 Å². The molecular formula is C9H17NO2. The number of ether oxygens (including phenoxy) is 1. The normalized spacial score (nSPS) is 28.1. The van der Waals surface area contributed by atoms with Crippen molar-refractivity contribution < 1.29 is 9.53 Å². The van der Waals surface area contributed by atoms with Crippen LogP contribution >= 0.6 is 0 Å². The molecule has 1 heterocycles. The summed E-state index contributed by atoms with van der Waals surface area (Å²) in [6, 6.07) is 0.0810. The molecule has 1 rings (SSSR count). The van der Waals surface area contributed by atoms with Crippen LogP contribution in [0.25, 0.3) is 0 Å². The molecule has 3 heteroatoms. The molecule has 1 atom stereocenters. The first-order valence-corrected chi connectivity index (χ1v) is 4.23. The highest BCUT2D eigenvalue weighted by molar-refractivity contribution is 5.71. The molecule has 0 saturated carbocycles. The predicted molar refractivity (Wildman–Crippen MR) is 46.9 cm³/mol. The first-order valence-electron chi connectivity index (χ1n) is 4.23. The fraction of sp³-hybridized carbons (Fsp3) is 0.889. The molecule has 0 radical (unpaired) electrons. The average molecular weight is 171 g/mol. The molecule has 3 nitrogen and oxygen atoms in total. The number of carbonyl (C=O) groups excluding carboxylic acids is 1. The van der Waals surface area contributed by atoms with Crippen LogP contribution in [-0.4, -0.2) is 17.7 Å². The van der Waals surface area contributed by atoms with Crippen LogP contribution in [0.3, 0.4) is 0 Å². The van der Waals surface area contributed by atoms with Crippen molar-refractivity contribution >= 4 is 6.09 Å². The molecule has 0 unspecified atom stereocenters. The van der Waals surface area contributed by atoms with Crippen molar-refractivity contribution in [3.8, 4) is 0 Å². The van der Waals surface area contributed by atoms with Crippen molar-refractivity contribution in [2.75, 3.05) is 0 Å². The van der Waals surface area contributed by atoms with E-state index in [1.807, 2.05) is 13.8 Å². The maximum Gasteiger partial charge on any atom is 0.408 e. The Morgan fingerprint density at radius 2 is 1.92 bits per heavy atom. The summed E-state index contributed by atoms with van der Waals surface area (Å²) in [7, 11) is 0. The number of cyclic esters (lactones) is 1. The molecule has 0 spiro atoms. The molecule has 70 valence electrons. The lowest BCUT2D eigenvalue weighted by Gasteiger charge is -2.34. The van der Waals surface area contributed by atoms with Gasteiger partial charge in [-0.15, -0.1) is 0 Å². The van der Waals surface area contributed by atoms with E-state index in [0.29, 0.717) is 0 Å². The van der Waals surface area contributed by atoms with Gasteiger partial charge in [0.1, 0.15) is 5.60 Å². The zero-order valence-corrected chi connectivity index (χ0v) is 8.39. The van der Waals surface area contributed by atoms with Gasteiger partial charge in [-0.3, -0.25) is 0 Å². The largest absolute Gasteiger partial charge is 0.441 e. The van der Waals surface area contributed by atoms with Crippen LogP contribution in [0, 0.1) is 5.41 Å². The zero-order chi connectivity index (χ0) is 9.57. The fourth-order valence-electron chi connectivity index (χ4n) is 1.88. The minimum absolute atomic E-state index is 0.0374. The Labute approximate surface area is 73.5 Å². The van der Waals surface area contributed by atoms with Gasteiger partial charge >= 0.3 is 6.09 Å². The number of alkyl carbamates (subject to hydrolysis) is 1. The number of nitrogens with one attached hydrogen (secondary N) is 1. The Morgan fingerprint density at radius 1 is 1.42 bits per heavy atom. The minimum atomic E-state index is -0.394. The van der Waals surface area contributed by atoms with Crippen LogP contribution in [0.15, 0.2) is 0 Å². The molecule has 1 fully saturated rings. The topological polar surface area (TPSA) is 38.3 Å². The second-order valence-electron chi connectivity index (χ2n) is 4.94. The summed E-state index contributed by atoms with van der Waals surface area (Å²) in [4.78, 5) is 11.0. The van der Waals surface area contributed by atoms with E-state index in [4.69, 9.17) is 4.74 Å². The number of rotatable bonds is 0. The van der Waals surface area contributed by atoms with Gasteiger partial charge in [0.25, 0.3) is 0 Å². The maximum absolute atomic E-state index is 11.0. The summed E-state index contributed by atoms with van der Waals surface area (Å²) in [5, 5.41) is 2.82. The molecule has 1 saturated heterocycles. The van der Waals surface area contributed by atoms with E-state index in [1.165, 1.54) is 0 Å². The van der Waals surface area contributed by atoms with Crippen LogP contribution in [0.2, 0.25) is 0 Å². The highest BCUT2D eigenvalue weighted by atomic mass is 16.6. The molecule has 0 aliphatic carbocycles. The van der Waals surface area contributed by atoms with Gasteiger partial charge in [-0.25, -0.2) is 4.79 Å². The Bertz CT molecular complexity index is 203. The second-order valence-corrected chi connectivity index (χ2v) is 4.94. The molecule has 12 heavy (non-hydrogen) atoms. The molecule has 0 aromatic rings. The highest BCUT2D eigenvalue weighted by Crippen LogP contribution is 2.33. The van der Waals surface area contributed by atoms with Gasteiger partial charge in [-0.1, -0.05) is 20.8 Å².